The smallest absolute Gasteiger partial charge is 0.127 e. The summed E-state index contributed by atoms with van der Waals surface area (Å²) in [5, 5.41) is 2.06. The van der Waals surface area contributed by atoms with Crippen molar-refractivity contribution in [2.75, 3.05) is 51.1 Å². The van der Waals surface area contributed by atoms with Gasteiger partial charge < -0.3 is 18.9 Å². The van der Waals surface area contributed by atoms with Gasteiger partial charge in [0.2, 0.25) is 0 Å². The molecule has 0 fully saturated rings. The number of benzene rings is 2. The van der Waals surface area contributed by atoms with Crippen molar-refractivity contribution in [3.05, 3.63) is 36.4 Å². The fourth-order valence-electron chi connectivity index (χ4n) is 2.26. The molecule has 0 aliphatic rings. The lowest BCUT2D eigenvalue weighted by Crippen LogP contribution is -2.09. The monoisotopic (exact) mass is 368 g/mol. The highest BCUT2D eigenvalue weighted by atomic mass is 32.1. The molecule has 0 N–H and O–H groups in total. The summed E-state index contributed by atoms with van der Waals surface area (Å²) in [6.07, 6.45) is 0. The van der Waals surface area contributed by atoms with Crippen molar-refractivity contribution in [1.29, 1.82) is 0 Å². The number of fused-ring (bicyclic) bond motifs is 1. The number of thiol groups is 2. The molecule has 6 heteroatoms. The van der Waals surface area contributed by atoms with E-state index in [9.17, 15) is 0 Å². The van der Waals surface area contributed by atoms with Crippen LogP contribution in [0, 0.1) is 0 Å². The Hall–Kier alpha value is -1.08. The van der Waals surface area contributed by atoms with E-state index in [0.717, 1.165) is 22.3 Å². The maximum absolute atomic E-state index is 5.84. The van der Waals surface area contributed by atoms with Crippen molar-refractivity contribution in [2.45, 2.75) is 0 Å². The molecule has 2 aromatic rings. The fraction of sp³-hybridized carbons (Fsp3) is 0.444. The standard InChI is InChI=1S/C18H24O4S2/c23-13-11-19-7-9-21-17-5-1-3-15-16(17)4-2-6-18(15)22-10-8-20-12-14-24/h1-6,23-24H,7-14H2. The van der Waals surface area contributed by atoms with Crippen LogP contribution in [0.4, 0.5) is 0 Å². The van der Waals surface area contributed by atoms with Gasteiger partial charge in [0, 0.05) is 22.3 Å². The Morgan fingerprint density at radius 2 is 1.04 bits per heavy atom. The maximum atomic E-state index is 5.84. The van der Waals surface area contributed by atoms with Crippen molar-refractivity contribution < 1.29 is 18.9 Å². The summed E-state index contributed by atoms with van der Waals surface area (Å²) in [6, 6.07) is 11.9. The van der Waals surface area contributed by atoms with Gasteiger partial charge in [-0.05, 0) is 12.1 Å². The van der Waals surface area contributed by atoms with Gasteiger partial charge in [-0.15, -0.1) is 0 Å². The quantitative estimate of drug-likeness (QED) is 0.444. The van der Waals surface area contributed by atoms with Crippen molar-refractivity contribution in [2.24, 2.45) is 0 Å². The lowest BCUT2D eigenvalue weighted by molar-refractivity contribution is 0.112. The molecule has 0 radical (unpaired) electrons. The Bertz CT molecular complexity index is 553. The SMILES string of the molecule is SCCOCCOc1cccc2c(OCCOCCS)cccc12. The van der Waals surface area contributed by atoms with Crippen molar-refractivity contribution >= 4 is 36.0 Å². The van der Waals surface area contributed by atoms with Crippen LogP contribution in [0.1, 0.15) is 0 Å². The maximum Gasteiger partial charge on any atom is 0.127 e. The molecule has 0 amide bonds. The summed E-state index contributed by atoms with van der Waals surface area (Å²) in [5.74, 6) is 3.09. The Kier molecular flexibility index (Phi) is 9.20. The van der Waals surface area contributed by atoms with Crippen LogP contribution in [0.15, 0.2) is 36.4 Å². The summed E-state index contributed by atoms with van der Waals surface area (Å²) in [5.41, 5.74) is 0. The molecule has 132 valence electrons. The molecule has 0 aliphatic heterocycles. The second-order valence-electron chi connectivity index (χ2n) is 4.98. The van der Waals surface area contributed by atoms with E-state index in [1.54, 1.807) is 0 Å². The highest BCUT2D eigenvalue weighted by Crippen LogP contribution is 2.32. The molecule has 0 aromatic heterocycles. The number of ether oxygens (including phenoxy) is 4. The van der Waals surface area contributed by atoms with Gasteiger partial charge in [-0.3, -0.25) is 0 Å². The van der Waals surface area contributed by atoms with Crippen molar-refractivity contribution in [1.82, 2.24) is 0 Å². The van der Waals surface area contributed by atoms with Gasteiger partial charge in [0.25, 0.3) is 0 Å². The van der Waals surface area contributed by atoms with E-state index in [2.05, 4.69) is 25.3 Å². The lowest BCUT2D eigenvalue weighted by Gasteiger charge is -2.13. The summed E-state index contributed by atoms with van der Waals surface area (Å²) in [6.45, 7) is 3.39. The van der Waals surface area contributed by atoms with Gasteiger partial charge >= 0.3 is 0 Å². The zero-order chi connectivity index (χ0) is 17.0. The van der Waals surface area contributed by atoms with Crippen LogP contribution in [0.25, 0.3) is 10.8 Å². The number of hydrogen-bond donors (Lipinski definition) is 2. The molecule has 0 aliphatic carbocycles. The van der Waals surface area contributed by atoms with Crippen LogP contribution < -0.4 is 9.47 Å². The van der Waals surface area contributed by atoms with Gasteiger partial charge in [0.05, 0.1) is 26.4 Å². The van der Waals surface area contributed by atoms with Gasteiger partial charge in [0.15, 0.2) is 0 Å². The molecule has 0 atom stereocenters. The third-order valence-electron chi connectivity index (χ3n) is 3.28. The molecular formula is C18H24O4S2. The zero-order valence-corrected chi connectivity index (χ0v) is 15.4. The van der Waals surface area contributed by atoms with Crippen molar-refractivity contribution in [3.63, 3.8) is 0 Å². The average Bonchev–Trinajstić information content (AvgIpc) is 2.61. The predicted octanol–water partition coefficient (Wildman–Crippen LogP) is 3.49. The van der Waals surface area contributed by atoms with E-state index < -0.39 is 0 Å². The normalized spacial score (nSPS) is 10.9. The Morgan fingerprint density at radius 1 is 0.583 bits per heavy atom. The van der Waals surface area contributed by atoms with Crippen LogP contribution in [0.2, 0.25) is 0 Å². The van der Waals surface area contributed by atoms with Gasteiger partial charge in [-0.2, -0.15) is 25.3 Å². The molecule has 0 saturated carbocycles. The highest BCUT2D eigenvalue weighted by molar-refractivity contribution is 7.80. The van der Waals surface area contributed by atoms with Crippen molar-refractivity contribution in [3.8, 4) is 11.5 Å². The Morgan fingerprint density at radius 3 is 1.46 bits per heavy atom. The molecule has 0 bridgehead atoms. The number of hydrogen-bond acceptors (Lipinski definition) is 6. The van der Waals surface area contributed by atoms with Gasteiger partial charge in [0.1, 0.15) is 24.7 Å². The predicted molar refractivity (Wildman–Crippen MR) is 104 cm³/mol. The minimum absolute atomic E-state index is 0.509. The third kappa shape index (κ3) is 6.09. The molecule has 0 unspecified atom stereocenters. The van der Waals surface area contributed by atoms with E-state index in [1.807, 2.05) is 36.4 Å². The molecule has 0 spiro atoms. The van der Waals surface area contributed by atoms with E-state index >= 15 is 0 Å². The van der Waals surface area contributed by atoms with E-state index in [1.165, 1.54) is 0 Å². The summed E-state index contributed by atoms with van der Waals surface area (Å²) >= 11 is 8.21. The van der Waals surface area contributed by atoms with Crippen LogP contribution in [0.5, 0.6) is 11.5 Å². The van der Waals surface area contributed by atoms with E-state index in [-0.39, 0.29) is 0 Å². The molecule has 4 nitrogen and oxygen atoms in total. The largest absolute Gasteiger partial charge is 0.491 e. The first-order chi connectivity index (χ1) is 11.9. The first-order valence-electron chi connectivity index (χ1n) is 8.01. The van der Waals surface area contributed by atoms with Gasteiger partial charge in [-0.25, -0.2) is 0 Å². The average molecular weight is 369 g/mol. The molecule has 2 aromatic carbocycles. The topological polar surface area (TPSA) is 36.9 Å². The molecule has 0 saturated heterocycles. The second kappa shape index (κ2) is 11.5. The molecule has 24 heavy (non-hydrogen) atoms. The second-order valence-corrected chi connectivity index (χ2v) is 5.87. The molecule has 0 heterocycles. The Balaban J connectivity index is 1.97. The van der Waals surface area contributed by atoms with Gasteiger partial charge in [-0.1, -0.05) is 24.3 Å². The minimum atomic E-state index is 0.509. The molecule has 2 rings (SSSR count). The summed E-state index contributed by atoms with van der Waals surface area (Å²) in [4.78, 5) is 0. The summed E-state index contributed by atoms with van der Waals surface area (Å²) < 4.78 is 22.4. The van der Waals surface area contributed by atoms with E-state index in [0.29, 0.717) is 51.1 Å². The first kappa shape index (κ1) is 19.2. The fourth-order valence-corrected chi connectivity index (χ4v) is 2.52. The third-order valence-corrected chi connectivity index (χ3v) is 3.65. The molecular weight excluding hydrogens is 344 g/mol. The zero-order valence-electron chi connectivity index (χ0n) is 13.6. The Labute approximate surface area is 154 Å². The van der Waals surface area contributed by atoms with Crippen LogP contribution in [-0.2, 0) is 9.47 Å². The summed E-state index contributed by atoms with van der Waals surface area (Å²) in [7, 11) is 0. The number of rotatable bonds is 12. The highest BCUT2D eigenvalue weighted by Gasteiger charge is 2.07. The van der Waals surface area contributed by atoms with E-state index in [4.69, 9.17) is 18.9 Å². The minimum Gasteiger partial charge on any atom is -0.491 e. The van der Waals surface area contributed by atoms with Crippen LogP contribution in [-0.4, -0.2) is 51.1 Å². The lowest BCUT2D eigenvalue weighted by atomic mass is 10.1. The van der Waals surface area contributed by atoms with Crippen LogP contribution in [0.3, 0.4) is 0 Å². The first-order valence-corrected chi connectivity index (χ1v) is 9.28. The van der Waals surface area contributed by atoms with Crippen LogP contribution >= 0.6 is 25.3 Å².